The normalized spacial score (nSPS) is 30.7. The van der Waals surface area contributed by atoms with Crippen LogP contribution in [0.5, 0.6) is 0 Å². The molecule has 0 aromatic carbocycles. The van der Waals surface area contributed by atoms with Gasteiger partial charge < -0.3 is 4.74 Å². The Morgan fingerprint density at radius 2 is 1.57 bits per heavy atom. The molecule has 0 bridgehead atoms. The Kier molecular flexibility index (Phi) is 5.91. The SMILES string of the molecule is C[C@H]1CN(CCC2CCN(CC(F)(F)F)CC2)C[C@H](C)O1. The molecule has 0 aliphatic carbocycles. The van der Waals surface area contributed by atoms with Crippen molar-refractivity contribution in [3.8, 4) is 0 Å². The van der Waals surface area contributed by atoms with Crippen molar-refractivity contribution in [1.82, 2.24) is 9.80 Å². The van der Waals surface area contributed by atoms with Gasteiger partial charge >= 0.3 is 6.18 Å². The van der Waals surface area contributed by atoms with Gasteiger partial charge in [-0.25, -0.2) is 0 Å². The molecule has 0 radical (unpaired) electrons. The van der Waals surface area contributed by atoms with Crippen molar-refractivity contribution in [2.24, 2.45) is 5.92 Å². The number of morpholine rings is 1. The maximum atomic E-state index is 12.3. The predicted molar refractivity (Wildman–Crippen MR) is 76.3 cm³/mol. The van der Waals surface area contributed by atoms with Gasteiger partial charge in [-0.2, -0.15) is 13.2 Å². The van der Waals surface area contributed by atoms with Crippen LogP contribution >= 0.6 is 0 Å². The summed E-state index contributed by atoms with van der Waals surface area (Å²) in [5.41, 5.74) is 0. The van der Waals surface area contributed by atoms with Crippen LogP contribution in [0.2, 0.25) is 0 Å². The molecule has 0 aromatic heterocycles. The Morgan fingerprint density at radius 3 is 2.10 bits per heavy atom. The zero-order chi connectivity index (χ0) is 15.5. The van der Waals surface area contributed by atoms with E-state index in [0.717, 1.165) is 38.9 Å². The first-order valence-corrected chi connectivity index (χ1v) is 7.99. The third kappa shape index (κ3) is 6.12. The van der Waals surface area contributed by atoms with E-state index in [4.69, 9.17) is 4.74 Å². The van der Waals surface area contributed by atoms with Crippen LogP contribution in [0.1, 0.15) is 33.1 Å². The maximum absolute atomic E-state index is 12.3. The van der Waals surface area contributed by atoms with Crippen LogP contribution in [0.4, 0.5) is 13.2 Å². The lowest BCUT2D eigenvalue weighted by atomic mass is 9.93. The van der Waals surface area contributed by atoms with Crippen molar-refractivity contribution in [1.29, 1.82) is 0 Å². The van der Waals surface area contributed by atoms with Crippen molar-refractivity contribution in [3.63, 3.8) is 0 Å². The van der Waals surface area contributed by atoms with Crippen LogP contribution in [-0.2, 0) is 4.74 Å². The van der Waals surface area contributed by atoms with Gasteiger partial charge in [-0.15, -0.1) is 0 Å². The highest BCUT2D eigenvalue weighted by Crippen LogP contribution is 2.25. The van der Waals surface area contributed by atoms with E-state index < -0.39 is 12.7 Å². The fourth-order valence-electron chi connectivity index (χ4n) is 3.52. The number of rotatable bonds is 4. The first-order valence-electron chi connectivity index (χ1n) is 7.99. The zero-order valence-electron chi connectivity index (χ0n) is 13.0. The van der Waals surface area contributed by atoms with Gasteiger partial charge in [0.2, 0.25) is 0 Å². The maximum Gasteiger partial charge on any atom is 0.401 e. The minimum atomic E-state index is -4.06. The number of nitrogens with zero attached hydrogens (tertiary/aromatic N) is 2. The van der Waals surface area contributed by atoms with Gasteiger partial charge in [0.05, 0.1) is 18.8 Å². The molecule has 6 heteroatoms. The molecule has 2 rings (SSSR count). The summed E-state index contributed by atoms with van der Waals surface area (Å²) in [5, 5.41) is 0. The predicted octanol–water partition coefficient (Wildman–Crippen LogP) is 2.76. The summed E-state index contributed by atoms with van der Waals surface area (Å²) < 4.78 is 42.7. The first kappa shape index (κ1) is 17.0. The molecule has 21 heavy (non-hydrogen) atoms. The van der Waals surface area contributed by atoms with Crippen LogP contribution in [0.3, 0.4) is 0 Å². The molecule has 0 saturated carbocycles. The van der Waals surface area contributed by atoms with Crippen molar-refractivity contribution in [2.45, 2.75) is 51.5 Å². The molecule has 2 heterocycles. The Balaban J connectivity index is 1.65. The van der Waals surface area contributed by atoms with E-state index in [1.54, 1.807) is 0 Å². The Labute approximate surface area is 125 Å². The molecule has 2 aliphatic rings. The van der Waals surface area contributed by atoms with Gasteiger partial charge in [0, 0.05) is 13.1 Å². The molecule has 0 aromatic rings. The summed E-state index contributed by atoms with van der Waals surface area (Å²) in [5.74, 6) is 0.572. The molecular formula is C15H27F3N2O. The molecule has 3 nitrogen and oxygen atoms in total. The summed E-state index contributed by atoms with van der Waals surface area (Å²) in [6.45, 7) is 7.59. The molecule has 2 aliphatic heterocycles. The van der Waals surface area contributed by atoms with Crippen molar-refractivity contribution >= 4 is 0 Å². The largest absolute Gasteiger partial charge is 0.401 e. The second-order valence-corrected chi connectivity index (χ2v) is 6.64. The van der Waals surface area contributed by atoms with E-state index in [0.29, 0.717) is 19.0 Å². The molecule has 0 unspecified atom stereocenters. The summed E-state index contributed by atoms with van der Waals surface area (Å²) in [7, 11) is 0. The van der Waals surface area contributed by atoms with Gasteiger partial charge in [-0.3, -0.25) is 9.80 Å². The van der Waals surface area contributed by atoms with E-state index >= 15 is 0 Å². The van der Waals surface area contributed by atoms with Gasteiger partial charge in [0.15, 0.2) is 0 Å². The minimum absolute atomic E-state index is 0.280. The monoisotopic (exact) mass is 308 g/mol. The van der Waals surface area contributed by atoms with Crippen LogP contribution in [-0.4, -0.2) is 67.5 Å². The highest BCUT2D eigenvalue weighted by molar-refractivity contribution is 4.77. The van der Waals surface area contributed by atoms with E-state index in [1.165, 1.54) is 4.90 Å². The molecule has 2 saturated heterocycles. The van der Waals surface area contributed by atoms with E-state index in [-0.39, 0.29) is 12.2 Å². The lowest BCUT2D eigenvalue weighted by Crippen LogP contribution is -2.46. The van der Waals surface area contributed by atoms with E-state index in [1.807, 2.05) is 0 Å². The average Bonchev–Trinajstić information content (AvgIpc) is 2.35. The van der Waals surface area contributed by atoms with Crippen LogP contribution in [0.15, 0.2) is 0 Å². The van der Waals surface area contributed by atoms with Crippen LogP contribution in [0.25, 0.3) is 0 Å². The number of halogens is 3. The van der Waals surface area contributed by atoms with Crippen molar-refractivity contribution < 1.29 is 17.9 Å². The van der Waals surface area contributed by atoms with Gasteiger partial charge in [0.1, 0.15) is 0 Å². The number of hydrogen-bond acceptors (Lipinski definition) is 3. The highest BCUT2D eigenvalue weighted by atomic mass is 19.4. The van der Waals surface area contributed by atoms with Gasteiger partial charge in [-0.1, -0.05) is 0 Å². The Hall–Kier alpha value is -0.330. The number of alkyl halides is 3. The van der Waals surface area contributed by atoms with Crippen molar-refractivity contribution in [3.05, 3.63) is 0 Å². The molecule has 0 amide bonds. The molecule has 0 N–H and O–H groups in total. The standard InChI is InChI=1S/C15H27F3N2O/c1-12-9-20(10-13(2)21-12)8-5-14-3-6-19(7-4-14)11-15(16,17)18/h12-14H,3-11H2,1-2H3/t12-,13-/m0/s1. The van der Waals surface area contributed by atoms with Crippen LogP contribution < -0.4 is 0 Å². The highest BCUT2D eigenvalue weighted by Gasteiger charge is 2.32. The van der Waals surface area contributed by atoms with E-state index in [9.17, 15) is 13.2 Å². The fraction of sp³-hybridized carbons (Fsp3) is 1.00. The molecule has 124 valence electrons. The zero-order valence-corrected chi connectivity index (χ0v) is 13.0. The number of piperidine rings is 1. The van der Waals surface area contributed by atoms with E-state index in [2.05, 4.69) is 18.7 Å². The minimum Gasteiger partial charge on any atom is -0.373 e. The first-order chi connectivity index (χ1) is 9.82. The molecule has 0 spiro atoms. The average molecular weight is 308 g/mol. The smallest absolute Gasteiger partial charge is 0.373 e. The summed E-state index contributed by atoms with van der Waals surface area (Å²) in [4.78, 5) is 3.97. The topological polar surface area (TPSA) is 15.7 Å². The third-order valence-corrected chi connectivity index (χ3v) is 4.46. The third-order valence-electron chi connectivity index (χ3n) is 4.46. The lowest BCUT2D eigenvalue weighted by Gasteiger charge is -2.37. The van der Waals surface area contributed by atoms with Crippen LogP contribution in [0, 0.1) is 5.92 Å². The number of ether oxygens (including phenoxy) is 1. The Morgan fingerprint density at radius 1 is 1.00 bits per heavy atom. The van der Waals surface area contributed by atoms with Gasteiger partial charge in [-0.05, 0) is 58.7 Å². The molecule has 2 fully saturated rings. The Bertz CT molecular complexity index is 307. The number of hydrogen-bond donors (Lipinski definition) is 0. The second-order valence-electron chi connectivity index (χ2n) is 6.64. The second kappa shape index (κ2) is 7.29. The summed E-state index contributed by atoms with van der Waals surface area (Å²) >= 11 is 0. The quantitative estimate of drug-likeness (QED) is 0.794. The fourth-order valence-corrected chi connectivity index (χ4v) is 3.52. The lowest BCUT2D eigenvalue weighted by molar-refractivity contribution is -0.148. The van der Waals surface area contributed by atoms with Gasteiger partial charge in [0.25, 0.3) is 0 Å². The number of likely N-dealkylation sites (tertiary alicyclic amines) is 1. The van der Waals surface area contributed by atoms with Crippen molar-refractivity contribution in [2.75, 3.05) is 39.3 Å². The summed E-state index contributed by atoms with van der Waals surface area (Å²) in [6, 6.07) is 0. The molecular weight excluding hydrogens is 281 g/mol. The molecule has 2 atom stereocenters. The summed E-state index contributed by atoms with van der Waals surface area (Å²) in [6.07, 6.45) is -0.617.